The van der Waals surface area contributed by atoms with E-state index in [0.29, 0.717) is 55.6 Å². The summed E-state index contributed by atoms with van der Waals surface area (Å²) in [7, 11) is 4.82. The van der Waals surface area contributed by atoms with E-state index in [1.54, 1.807) is 32.3 Å². The normalized spacial score (nSPS) is 23.6. The predicted octanol–water partition coefficient (Wildman–Crippen LogP) is 3.60. The minimum atomic E-state index is -0.108. The zero-order chi connectivity index (χ0) is 28.1. The van der Waals surface area contributed by atoms with Crippen molar-refractivity contribution in [2.75, 3.05) is 54.1 Å². The minimum absolute atomic E-state index is 0.0460. The van der Waals surface area contributed by atoms with Gasteiger partial charge < -0.3 is 29.2 Å². The van der Waals surface area contributed by atoms with Crippen molar-refractivity contribution in [1.82, 2.24) is 15.1 Å². The Bertz CT molecular complexity index is 1200. The summed E-state index contributed by atoms with van der Waals surface area (Å²) < 4.78 is 22.5. The maximum absolute atomic E-state index is 13.4. The Kier molecular flexibility index (Phi) is 8.99. The number of carbonyl (C=O) groups is 2. The van der Waals surface area contributed by atoms with E-state index in [1.807, 2.05) is 18.2 Å². The summed E-state index contributed by atoms with van der Waals surface area (Å²) in [5.74, 6) is 2.85. The molecule has 2 aromatic carbocycles. The predicted molar refractivity (Wildman–Crippen MR) is 151 cm³/mol. The molecule has 0 aliphatic carbocycles. The van der Waals surface area contributed by atoms with Crippen LogP contribution in [-0.2, 0) is 16.0 Å². The number of rotatable bonds is 5. The molecule has 40 heavy (non-hydrogen) atoms. The molecule has 9 nitrogen and oxygen atoms in total. The number of carbonyl (C=O) groups excluding carboxylic acids is 2. The molecule has 2 saturated heterocycles. The van der Waals surface area contributed by atoms with Crippen LogP contribution in [0.1, 0.15) is 49.3 Å². The van der Waals surface area contributed by atoms with Crippen LogP contribution in [0.5, 0.6) is 23.0 Å². The third kappa shape index (κ3) is 6.14. The molecule has 1 N–H and O–H groups in total. The Morgan fingerprint density at radius 1 is 0.975 bits per heavy atom. The van der Waals surface area contributed by atoms with E-state index in [2.05, 4.69) is 22.3 Å². The molecule has 0 spiro atoms. The van der Waals surface area contributed by atoms with Gasteiger partial charge in [-0.3, -0.25) is 14.5 Å². The van der Waals surface area contributed by atoms with Gasteiger partial charge in [0.05, 0.1) is 40.9 Å². The number of benzene rings is 2. The number of hydrogen-bond donors (Lipinski definition) is 1. The molecule has 3 aliphatic rings. The molecule has 5 rings (SSSR count). The van der Waals surface area contributed by atoms with E-state index >= 15 is 0 Å². The molecule has 3 atom stereocenters. The fourth-order valence-corrected chi connectivity index (χ4v) is 6.48. The van der Waals surface area contributed by atoms with E-state index in [4.69, 9.17) is 18.9 Å². The van der Waals surface area contributed by atoms with Crippen LogP contribution in [0, 0.1) is 5.92 Å². The number of nitrogens with one attached hydrogen (secondary N) is 1. The maximum Gasteiger partial charge on any atom is 0.239 e. The average Bonchev–Trinajstić information content (AvgIpc) is 3.58. The van der Waals surface area contributed by atoms with Gasteiger partial charge in [0.1, 0.15) is 0 Å². The number of ether oxygens (including phenoxy) is 4. The molecule has 3 aliphatic heterocycles. The average molecular weight is 552 g/mol. The van der Waals surface area contributed by atoms with Gasteiger partial charge in [-0.05, 0) is 80.0 Å². The third-order valence-corrected chi connectivity index (χ3v) is 8.52. The summed E-state index contributed by atoms with van der Waals surface area (Å²) in [6, 6.07) is 12.5. The molecule has 0 saturated carbocycles. The van der Waals surface area contributed by atoms with Crippen LogP contribution >= 0.6 is 0 Å². The molecule has 0 aromatic heterocycles. The van der Waals surface area contributed by atoms with E-state index in [0.717, 1.165) is 42.9 Å². The second-order valence-electron chi connectivity index (χ2n) is 10.9. The SMILES string of the molecule is COc1ccc(CC(=O)N2CCCCOc3cc(ccc3OC)[C@H]3C[C@H](CNC(=O)C2)[C@@H]2CCCN32)cc1OC. The lowest BCUT2D eigenvalue weighted by Crippen LogP contribution is -2.44. The van der Waals surface area contributed by atoms with Crippen molar-refractivity contribution in [3.05, 3.63) is 47.5 Å². The lowest BCUT2D eigenvalue weighted by Gasteiger charge is -2.25. The summed E-state index contributed by atoms with van der Waals surface area (Å²) in [6.07, 6.45) is 4.94. The van der Waals surface area contributed by atoms with Crippen molar-refractivity contribution in [2.45, 2.75) is 50.6 Å². The molecule has 2 aromatic rings. The molecule has 216 valence electrons. The van der Waals surface area contributed by atoms with Crippen molar-refractivity contribution < 1.29 is 28.5 Å². The first-order chi connectivity index (χ1) is 19.5. The van der Waals surface area contributed by atoms with E-state index < -0.39 is 0 Å². The van der Waals surface area contributed by atoms with E-state index in [1.165, 1.54) is 12.0 Å². The smallest absolute Gasteiger partial charge is 0.239 e. The van der Waals surface area contributed by atoms with E-state index in [-0.39, 0.29) is 24.8 Å². The topological polar surface area (TPSA) is 89.6 Å². The Hall–Kier alpha value is -3.46. The van der Waals surface area contributed by atoms with Gasteiger partial charge in [-0.15, -0.1) is 0 Å². The Morgan fingerprint density at radius 3 is 2.58 bits per heavy atom. The fraction of sp³-hybridized carbons (Fsp3) is 0.548. The van der Waals surface area contributed by atoms with Gasteiger partial charge in [0.25, 0.3) is 0 Å². The van der Waals surface area contributed by atoms with Gasteiger partial charge in [0, 0.05) is 25.2 Å². The van der Waals surface area contributed by atoms with Crippen LogP contribution in [0.25, 0.3) is 0 Å². The fourth-order valence-electron chi connectivity index (χ4n) is 6.48. The minimum Gasteiger partial charge on any atom is -0.493 e. The summed E-state index contributed by atoms with van der Waals surface area (Å²) in [4.78, 5) is 30.8. The quantitative estimate of drug-likeness (QED) is 0.608. The molecule has 4 bridgehead atoms. The molecule has 3 heterocycles. The van der Waals surface area contributed by atoms with Crippen LogP contribution in [0.4, 0.5) is 0 Å². The van der Waals surface area contributed by atoms with Crippen LogP contribution in [0.3, 0.4) is 0 Å². The lowest BCUT2D eigenvalue weighted by atomic mass is 9.94. The highest BCUT2D eigenvalue weighted by atomic mass is 16.5. The van der Waals surface area contributed by atoms with Gasteiger partial charge in [-0.25, -0.2) is 0 Å². The van der Waals surface area contributed by atoms with Gasteiger partial charge in [-0.2, -0.15) is 0 Å². The monoisotopic (exact) mass is 551 g/mol. The standard InChI is InChI=1S/C31H41N3O6/c1-37-26-10-8-21(15-28(26)39-3)16-31(36)33-12-4-5-14-40-29-18-22(9-11-27(29)38-2)25-17-23(19-32-30(35)20-33)24-7-6-13-34(24)25/h8-11,15,18,23-25H,4-7,12-14,16-17,19-20H2,1-3H3,(H,32,35)/t23-,24+,25-/m1/s1. The summed E-state index contributed by atoms with van der Waals surface area (Å²) >= 11 is 0. The number of nitrogens with zero attached hydrogens (tertiary/aromatic N) is 2. The largest absolute Gasteiger partial charge is 0.493 e. The number of amides is 2. The summed E-state index contributed by atoms with van der Waals surface area (Å²) in [6.45, 7) is 2.71. The summed E-state index contributed by atoms with van der Waals surface area (Å²) in [5, 5.41) is 3.17. The van der Waals surface area contributed by atoms with Crippen LogP contribution < -0.4 is 24.3 Å². The maximum atomic E-state index is 13.4. The lowest BCUT2D eigenvalue weighted by molar-refractivity contribution is -0.135. The molecular formula is C31H41N3O6. The molecular weight excluding hydrogens is 510 g/mol. The zero-order valence-corrected chi connectivity index (χ0v) is 23.8. The highest BCUT2D eigenvalue weighted by Crippen LogP contribution is 2.46. The van der Waals surface area contributed by atoms with Gasteiger partial charge >= 0.3 is 0 Å². The van der Waals surface area contributed by atoms with Crippen molar-refractivity contribution in [2.24, 2.45) is 5.92 Å². The third-order valence-electron chi connectivity index (χ3n) is 8.52. The van der Waals surface area contributed by atoms with E-state index in [9.17, 15) is 9.59 Å². The van der Waals surface area contributed by atoms with Gasteiger partial charge in [-0.1, -0.05) is 12.1 Å². The number of methoxy groups -OCH3 is 3. The second kappa shape index (κ2) is 12.8. The van der Waals surface area contributed by atoms with Crippen molar-refractivity contribution >= 4 is 11.8 Å². The molecule has 2 amide bonds. The first-order valence-electron chi connectivity index (χ1n) is 14.3. The Balaban J connectivity index is 1.33. The second-order valence-corrected chi connectivity index (χ2v) is 10.9. The van der Waals surface area contributed by atoms with Gasteiger partial charge in [0.15, 0.2) is 23.0 Å². The first kappa shape index (κ1) is 28.1. The van der Waals surface area contributed by atoms with Crippen LogP contribution in [0.15, 0.2) is 36.4 Å². The van der Waals surface area contributed by atoms with Gasteiger partial charge in [0.2, 0.25) is 11.8 Å². The molecule has 2 fully saturated rings. The Morgan fingerprint density at radius 2 is 1.77 bits per heavy atom. The zero-order valence-electron chi connectivity index (χ0n) is 23.8. The van der Waals surface area contributed by atoms with Crippen molar-refractivity contribution in [3.63, 3.8) is 0 Å². The summed E-state index contributed by atoms with van der Waals surface area (Å²) in [5.41, 5.74) is 2.05. The molecule has 0 unspecified atom stereocenters. The van der Waals surface area contributed by atoms with Crippen LogP contribution in [-0.4, -0.2) is 81.8 Å². The molecule has 0 radical (unpaired) electrons. The highest BCUT2D eigenvalue weighted by molar-refractivity contribution is 5.86. The first-order valence-corrected chi connectivity index (χ1v) is 14.3. The number of fused-ring (bicyclic) bond motifs is 8. The Labute approximate surface area is 236 Å². The highest BCUT2D eigenvalue weighted by Gasteiger charge is 2.44. The molecule has 9 heteroatoms. The van der Waals surface area contributed by atoms with Crippen LogP contribution in [0.2, 0.25) is 0 Å². The van der Waals surface area contributed by atoms with Crippen molar-refractivity contribution in [3.8, 4) is 23.0 Å². The van der Waals surface area contributed by atoms with Crippen molar-refractivity contribution in [1.29, 1.82) is 0 Å². The number of hydrogen-bond acceptors (Lipinski definition) is 7.